The molecule has 0 unspecified atom stereocenters. The van der Waals surface area contributed by atoms with E-state index in [2.05, 4.69) is 9.97 Å². The van der Waals surface area contributed by atoms with E-state index < -0.39 is 52.1 Å². The number of rotatable bonds is 5. The first kappa shape index (κ1) is 24.1. The number of ketones is 3. The van der Waals surface area contributed by atoms with Gasteiger partial charge in [0.25, 0.3) is 5.78 Å². The Balaban J connectivity index is 0.000000390. The number of carbonyl (C=O) groups excluding carboxylic acids is 3. The maximum Gasteiger partial charge on any atom is 0.354 e. The first-order valence-corrected chi connectivity index (χ1v) is 9.01. The number of pyridine rings is 1. The summed E-state index contributed by atoms with van der Waals surface area (Å²) in [6.45, 7) is 2.24. The number of likely N-dealkylation sites (N-methyl/N-ethyl adjacent to an activating group) is 1. The van der Waals surface area contributed by atoms with Gasteiger partial charge in [-0.3, -0.25) is 14.4 Å². The smallest absolute Gasteiger partial charge is 0.354 e. The van der Waals surface area contributed by atoms with Crippen molar-refractivity contribution in [3.63, 3.8) is 0 Å². The second kappa shape index (κ2) is 8.51. The third kappa shape index (κ3) is 4.92. The third-order valence-corrected chi connectivity index (χ3v) is 4.13. The van der Waals surface area contributed by atoms with Gasteiger partial charge in [0.1, 0.15) is 23.6 Å². The molecule has 0 amide bonds. The summed E-state index contributed by atoms with van der Waals surface area (Å²) in [4.78, 5) is 74.1. The lowest BCUT2D eigenvalue weighted by Crippen LogP contribution is -2.38. The Labute approximate surface area is 180 Å². The molecule has 0 radical (unpaired) electrons. The van der Waals surface area contributed by atoms with Crippen LogP contribution in [-0.4, -0.2) is 92.7 Å². The second-order valence-electron chi connectivity index (χ2n) is 7.97. The van der Waals surface area contributed by atoms with Gasteiger partial charge in [-0.25, -0.2) is 19.4 Å². The van der Waals surface area contributed by atoms with Crippen molar-refractivity contribution < 1.29 is 48.6 Å². The van der Waals surface area contributed by atoms with Gasteiger partial charge in [-0.1, -0.05) is 0 Å². The largest absolute Gasteiger partial charge is 0.478 e. The average molecular weight is 446 g/mol. The highest BCUT2D eigenvalue weighted by Crippen LogP contribution is 2.35. The monoisotopic (exact) mass is 446 g/mol. The molecule has 12 nitrogen and oxygen atoms in total. The molecule has 2 heterocycles. The lowest BCUT2D eigenvalue weighted by Gasteiger charge is -2.21. The van der Waals surface area contributed by atoms with Gasteiger partial charge >= 0.3 is 17.9 Å². The second-order valence-corrected chi connectivity index (χ2v) is 7.97. The molecule has 0 atom stereocenters. The van der Waals surface area contributed by atoms with Gasteiger partial charge < -0.3 is 24.8 Å². The maximum atomic E-state index is 12.1. The molecule has 0 saturated heterocycles. The maximum absolute atomic E-state index is 12.1. The molecular formula is C20H20N3O9+. The molecule has 4 N–H and O–H groups in total. The van der Waals surface area contributed by atoms with E-state index in [1.807, 2.05) is 21.1 Å². The van der Waals surface area contributed by atoms with Crippen LogP contribution in [0.2, 0.25) is 0 Å². The number of H-pyrrole nitrogens is 1. The minimum atomic E-state index is -1.58. The predicted octanol–water partition coefficient (Wildman–Crippen LogP) is 0.832. The highest BCUT2D eigenvalue weighted by atomic mass is 16.4. The van der Waals surface area contributed by atoms with Gasteiger partial charge in [-0.05, 0) is 12.1 Å². The Kier molecular flexibility index (Phi) is 6.40. The zero-order valence-electron chi connectivity index (χ0n) is 17.5. The van der Waals surface area contributed by atoms with Gasteiger partial charge in [0.15, 0.2) is 5.78 Å². The average Bonchev–Trinajstić information content (AvgIpc) is 3.09. The molecule has 0 spiro atoms. The number of aromatic nitrogens is 2. The number of carbonyl (C=O) groups is 6. The molecule has 0 saturated carbocycles. The van der Waals surface area contributed by atoms with Gasteiger partial charge in [0, 0.05) is 12.5 Å². The zero-order chi connectivity index (χ0) is 24.5. The molecule has 0 bridgehead atoms. The van der Waals surface area contributed by atoms with Crippen molar-refractivity contribution in [1.29, 1.82) is 0 Å². The van der Waals surface area contributed by atoms with Crippen molar-refractivity contribution in [3.8, 4) is 11.3 Å². The van der Waals surface area contributed by atoms with Crippen LogP contribution in [-0.2, 0) is 4.79 Å². The van der Waals surface area contributed by atoms with Gasteiger partial charge in [-0.2, -0.15) is 0 Å². The van der Waals surface area contributed by atoms with Gasteiger partial charge in [0.2, 0.25) is 5.78 Å². The summed E-state index contributed by atoms with van der Waals surface area (Å²) in [6, 6.07) is 1.65. The van der Waals surface area contributed by atoms with Crippen LogP contribution in [0.15, 0.2) is 12.1 Å². The van der Waals surface area contributed by atoms with Crippen LogP contribution in [0, 0.1) is 0 Å². The van der Waals surface area contributed by atoms with Crippen LogP contribution in [0.1, 0.15) is 59.1 Å². The Morgan fingerprint density at radius 2 is 1.53 bits per heavy atom. The zero-order valence-corrected chi connectivity index (χ0v) is 17.5. The number of fused-ring (bicyclic) bond motifs is 3. The number of hydrogen-bond donors (Lipinski definition) is 4. The van der Waals surface area contributed by atoms with Crippen molar-refractivity contribution in [2.24, 2.45) is 0 Å². The highest BCUT2D eigenvalue weighted by molar-refractivity contribution is 6.52. The van der Waals surface area contributed by atoms with E-state index in [0.29, 0.717) is 6.54 Å². The lowest BCUT2D eigenvalue weighted by molar-refractivity contribution is -0.862. The van der Waals surface area contributed by atoms with E-state index in [9.17, 15) is 33.9 Å². The van der Waals surface area contributed by atoms with Crippen LogP contribution in [0.25, 0.3) is 11.3 Å². The van der Waals surface area contributed by atoms with Crippen molar-refractivity contribution in [2.75, 3.05) is 27.7 Å². The summed E-state index contributed by atoms with van der Waals surface area (Å²) < 4.78 is 0.731. The molecule has 1 aliphatic rings. The van der Waals surface area contributed by atoms with Crippen LogP contribution >= 0.6 is 0 Å². The number of nitrogens with zero attached hydrogens (tertiary/aromatic N) is 2. The van der Waals surface area contributed by atoms with Crippen molar-refractivity contribution >= 4 is 35.3 Å². The van der Waals surface area contributed by atoms with E-state index in [-0.39, 0.29) is 22.6 Å². The Morgan fingerprint density at radius 3 is 1.94 bits per heavy atom. The van der Waals surface area contributed by atoms with Gasteiger partial charge in [0.05, 0.1) is 38.0 Å². The number of hydrogen-bond acceptors (Lipinski definition) is 7. The molecule has 12 heteroatoms. The topological polar surface area (TPSA) is 192 Å². The van der Waals surface area contributed by atoms with E-state index >= 15 is 0 Å². The quantitative estimate of drug-likeness (QED) is 0.378. The van der Waals surface area contributed by atoms with Crippen molar-refractivity contribution in [1.82, 2.24) is 9.97 Å². The first-order valence-electron chi connectivity index (χ1n) is 9.01. The lowest BCUT2D eigenvalue weighted by atomic mass is 9.88. The molecule has 0 aliphatic heterocycles. The van der Waals surface area contributed by atoms with Crippen LogP contribution < -0.4 is 0 Å². The molecule has 1 aliphatic carbocycles. The minimum Gasteiger partial charge on any atom is -0.478 e. The number of carboxylic acid groups (broad SMARTS) is 3. The Bertz CT molecular complexity index is 1190. The van der Waals surface area contributed by atoms with E-state index in [1.54, 1.807) is 6.92 Å². The molecule has 2 aromatic rings. The molecular weight excluding hydrogens is 426 g/mol. The van der Waals surface area contributed by atoms with Crippen LogP contribution in [0.3, 0.4) is 0 Å². The standard InChI is InChI=1S/C14H6N2O8.C6H14NO/c17-10-4-2-6(14(23)24)15-8(4)7-3(12(19)20)1-5(13(21)22)16-9(7)11(10)18;1-6(8)5-7(2,3)4/h1-2,15H,(H,19,20)(H,21,22)(H,23,24);5H2,1-4H3/q;+1. The summed E-state index contributed by atoms with van der Waals surface area (Å²) in [5.41, 5.74) is -3.21. The number of aromatic carboxylic acids is 3. The normalized spacial score (nSPS) is 12.2. The van der Waals surface area contributed by atoms with Crippen molar-refractivity contribution in [3.05, 3.63) is 40.3 Å². The Morgan fingerprint density at radius 1 is 0.938 bits per heavy atom. The van der Waals surface area contributed by atoms with Crippen LogP contribution in [0.5, 0.6) is 0 Å². The van der Waals surface area contributed by atoms with E-state index in [0.717, 1.165) is 16.6 Å². The third-order valence-electron chi connectivity index (χ3n) is 4.13. The number of Topliss-reactive ketones (excluding diaryl/α,β-unsaturated/α-hetero) is 3. The fourth-order valence-electron chi connectivity index (χ4n) is 3.08. The minimum absolute atomic E-state index is 0.200. The van der Waals surface area contributed by atoms with E-state index in [1.165, 1.54) is 0 Å². The summed E-state index contributed by atoms with van der Waals surface area (Å²) in [7, 11) is 6.00. The molecule has 0 fully saturated rings. The molecule has 32 heavy (non-hydrogen) atoms. The number of carboxylic acids is 3. The van der Waals surface area contributed by atoms with E-state index in [4.69, 9.17) is 10.2 Å². The molecule has 0 aromatic carbocycles. The summed E-state index contributed by atoms with van der Waals surface area (Å²) >= 11 is 0. The molecule has 168 valence electrons. The van der Waals surface area contributed by atoms with Crippen LogP contribution in [0.4, 0.5) is 0 Å². The summed E-state index contributed by atoms with van der Waals surface area (Å²) in [6.07, 6.45) is 0. The van der Waals surface area contributed by atoms with Crippen molar-refractivity contribution in [2.45, 2.75) is 6.92 Å². The number of nitrogens with one attached hydrogen (secondary N) is 1. The Hall–Kier alpha value is -4.19. The first-order chi connectivity index (χ1) is 14.6. The number of quaternary nitrogens is 1. The molecule has 3 rings (SSSR count). The summed E-state index contributed by atoms with van der Waals surface area (Å²) in [5.74, 6) is -6.62. The summed E-state index contributed by atoms with van der Waals surface area (Å²) in [5, 5.41) is 27.3. The predicted molar refractivity (Wildman–Crippen MR) is 107 cm³/mol. The fourth-order valence-corrected chi connectivity index (χ4v) is 3.08. The highest BCUT2D eigenvalue weighted by Gasteiger charge is 2.38. The fraction of sp³-hybridized carbons (Fsp3) is 0.250. The SMILES string of the molecule is CC(=O)C[N+](C)(C)C.O=C(O)c1cc(C(=O)O)c2c(n1)C(=O)C(=O)c1cc(C(=O)O)[nH]c1-2. The molecule has 2 aromatic heterocycles. The number of aromatic amines is 1. The van der Waals surface area contributed by atoms with Gasteiger partial charge in [-0.15, -0.1) is 0 Å².